The molecule has 0 N–H and O–H groups in total. The molecule has 0 radical (unpaired) electrons. The Morgan fingerprint density at radius 1 is 1.21 bits per heavy atom. The molecule has 0 unspecified atom stereocenters. The van der Waals surface area contributed by atoms with E-state index < -0.39 is 0 Å². The van der Waals surface area contributed by atoms with Gasteiger partial charge in [-0.3, -0.25) is 4.79 Å². The second kappa shape index (κ2) is 6.17. The molecule has 8 heteroatoms. The van der Waals surface area contributed by atoms with Crippen LogP contribution in [0.2, 0.25) is 0 Å². The lowest BCUT2D eigenvalue weighted by Crippen LogP contribution is -2.40. The van der Waals surface area contributed by atoms with Crippen molar-refractivity contribution in [1.29, 1.82) is 5.26 Å². The van der Waals surface area contributed by atoms with E-state index in [-0.39, 0.29) is 11.0 Å². The molecule has 0 atom stereocenters. The Morgan fingerprint density at radius 3 is 2.71 bits per heavy atom. The minimum absolute atomic E-state index is 0.135. The number of aryl methyl sites for hydroxylation is 1. The number of anilines is 1. The van der Waals surface area contributed by atoms with Crippen molar-refractivity contribution in [3.8, 4) is 11.9 Å². The molecule has 1 saturated carbocycles. The van der Waals surface area contributed by atoms with Crippen molar-refractivity contribution in [3.05, 3.63) is 46.4 Å². The summed E-state index contributed by atoms with van der Waals surface area (Å²) in [5, 5.41) is 19.4. The molecule has 8 nitrogen and oxygen atoms in total. The Kier molecular flexibility index (Phi) is 3.74. The Labute approximate surface area is 161 Å². The van der Waals surface area contributed by atoms with E-state index in [1.807, 2.05) is 23.1 Å². The average Bonchev–Trinajstić information content (AvgIpc) is 3.42. The number of benzene rings is 1. The normalized spacial score (nSPS) is 18.2. The third kappa shape index (κ3) is 2.59. The quantitative estimate of drug-likeness (QED) is 0.688. The minimum Gasteiger partial charge on any atom is -0.378 e. The first kappa shape index (κ1) is 17.0. The van der Waals surface area contributed by atoms with Crippen LogP contribution in [0.15, 0.2) is 35.3 Å². The highest BCUT2D eigenvalue weighted by Crippen LogP contribution is 2.48. The predicted molar refractivity (Wildman–Crippen MR) is 104 cm³/mol. The predicted octanol–water partition coefficient (Wildman–Crippen LogP) is 1.51. The molecule has 1 aliphatic carbocycles. The van der Waals surface area contributed by atoms with E-state index >= 15 is 0 Å². The first-order valence-electron chi connectivity index (χ1n) is 9.42. The first-order valence-corrected chi connectivity index (χ1v) is 9.42. The zero-order valence-corrected chi connectivity index (χ0v) is 15.6. The molecule has 142 valence electrons. The molecule has 2 aliphatic rings. The summed E-state index contributed by atoms with van der Waals surface area (Å²) in [4.78, 5) is 14.7. The summed E-state index contributed by atoms with van der Waals surface area (Å²) in [5.74, 6) is 0.581. The van der Waals surface area contributed by atoms with Gasteiger partial charge in [0.25, 0.3) is 5.56 Å². The summed E-state index contributed by atoms with van der Waals surface area (Å²) in [5.41, 5.74) is 2.01. The van der Waals surface area contributed by atoms with Crippen LogP contribution in [0, 0.1) is 11.3 Å². The molecule has 0 amide bonds. The van der Waals surface area contributed by atoms with E-state index in [0.717, 1.165) is 29.3 Å². The number of hydrogen-bond donors (Lipinski definition) is 0. The fourth-order valence-corrected chi connectivity index (χ4v) is 3.80. The van der Waals surface area contributed by atoms with Crippen LogP contribution in [0.5, 0.6) is 0 Å². The van der Waals surface area contributed by atoms with Gasteiger partial charge in [0.1, 0.15) is 5.69 Å². The van der Waals surface area contributed by atoms with Crippen molar-refractivity contribution in [2.75, 3.05) is 31.2 Å². The number of rotatable bonds is 3. The number of nitrogens with zero attached hydrogens (tertiary/aromatic N) is 6. The molecule has 1 aliphatic heterocycles. The molecule has 5 rings (SSSR count). The van der Waals surface area contributed by atoms with Gasteiger partial charge in [-0.2, -0.15) is 10.4 Å². The smallest absolute Gasteiger partial charge is 0.290 e. The summed E-state index contributed by atoms with van der Waals surface area (Å²) in [6.07, 6.45) is 3.57. The highest BCUT2D eigenvalue weighted by Gasteiger charge is 2.45. The number of ether oxygens (including phenoxy) is 1. The van der Waals surface area contributed by atoms with Crippen LogP contribution in [0.3, 0.4) is 0 Å². The second-order valence-corrected chi connectivity index (χ2v) is 7.44. The van der Waals surface area contributed by atoms with Crippen LogP contribution in [0.4, 0.5) is 5.69 Å². The summed E-state index contributed by atoms with van der Waals surface area (Å²) < 4.78 is 8.50. The molecule has 3 aromatic rings. The summed E-state index contributed by atoms with van der Waals surface area (Å²) in [6, 6.07) is 10.3. The van der Waals surface area contributed by atoms with Gasteiger partial charge in [0.05, 0.1) is 36.4 Å². The summed E-state index contributed by atoms with van der Waals surface area (Å²) in [6.45, 7) is 2.55. The third-order valence-electron chi connectivity index (χ3n) is 5.69. The van der Waals surface area contributed by atoms with Crippen molar-refractivity contribution in [2.24, 2.45) is 7.05 Å². The topological polar surface area (TPSA) is 89.0 Å². The number of nitriles is 1. The van der Waals surface area contributed by atoms with Crippen LogP contribution in [0.1, 0.15) is 18.4 Å². The van der Waals surface area contributed by atoms with Crippen molar-refractivity contribution in [1.82, 2.24) is 19.6 Å². The lowest BCUT2D eigenvalue weighted by Gasteiger charge is -2.28. The highest BCUT2D eigenvalue weighted by molar-refractivity contribution is 5.81. The minimum atomic E-state index is -0.362. The van der Waals surface area contributed by atoms with Crippen molar-refractivity contribution < 1.29 is 4.74 Å². The van der Waals surface area contributed by atoms with Gasteiger partial charge in [0.15, 0.2) is 5.82 Å². The number of aromatic nitrogens is 4. The molecule has 2 aromatic heterocycles. The number of fused-ring (bicyclic) bond motifs is 1. The number of hydrogen-bond acceptors (Lipinski definition) is 6. The van der Waals surface area contributed by atoms with E-state index in [2.05, 4.69) is 16.3 Å². The van der Waals surface area contributed by atoms with Gasteiger partial charge in [-0.1, -0.05) is 12.1 Å². The van der Waals surface area contributed by atoms with E-state index in [4.69, 9.17) is 4.74 Å². The van der Waals surface area contributed by atoms with Crippen LogP contribution in [0.25, 0.3) is 16.7 Å². The van der Waals surface area contributed by atoms with E-state index in [9.17, 15) is 10.1 Å². The van der Waals surface area contributed by atoms with Gasteiger partial charge in [-0.25, -0.2) is 9.36 Å². The van der Waals surface area contributed by atoms with E-state index in [1.54, 1.807) is 24.0 Å². The van der Waals surface area contributed by atoms with Crippen molar-refractivity contribution in [3.63, 3.8) is 0 Å². The molecule has 0 bridgehead atoms. The van der Waals surface area contributed by atoms with Gasteiger partial charge in [0.2, 0.25) is 0 Å². The molecule has 3 heterocycles. The highest BCUT2D eigenvalue weighted by atomic mass is 16.5. The van der Waals surface area contributed by atoms with Gasteiger partial charge in [-0.15, -0.1) is 5.10 Å². The lowest BCUT2D eigenvalue weighted by atomic mass is 9.97. The first-order chi connectivity index (χ1) is 13.6. The summed E-state index contributed by atoms with van der Waals surface area (Å²) >= 11 is 0. The Bertz CT molecular complexity index is 1160. The van der Waals surface area contributed by atoms with Crippen LogP contribution >= 0.6 is 0 Å². The Morgan fingerprint density at radius 2 is 2.00 bits per heavy atom. The molecule has 1 aromatic carbocycles. The van der Waals surface area contributed by atoms with Crippen LogP contribution in [-0.2, 0) is 17.2 Å². The van der Waals surface area contributed by atoms with Crippen molar-refractivity contribution >= 4 is 16.6 Å². The number of morpholine rings is 1. The maximum Gasteiger partial charge on any atom is 0.290 e. The largest absolute Gasteiger partial charge is 0.378 e. The zero-order valence-electron chi connectivity index (χ0n) is 15.6. The van der Waals surface area contributed by atoms with Gasteiger partial charge in [-0.05, 0) is 24.5 Å². The van der Waals surface area contributed by atoms with E-state index in [0.29, 0.717) is 37.8 Å². The summed E-state index contributed by atoms with van der Waals surface area (Å²) in [7, 11) is 1.65. The average molecular weight is 376 g/mol. The maximum atomic E-state index is 12.6. The van der Waals surface area contributed by atoms with Gasteiger partial charge < -0.3 is 9.64 Å². The fourth-order valence-electron chi connectivity index (χ4n) is 3.80. The fraction of sp³-hybridized carbons (Fsp3) is 0.400. The molecular weight excluding hydrogens is 356 g/mol. The molecule has 2 fully saturated rings. The third-order valence-corrected chi connectivity index (χ3v) is 5.69. The molecule has 1 saturated heterocycles. The van der Waals surface area contributed by atoms with Crippen LogP contribution in [-0.4, -0.2) is 45.9 Å². The maximum absolute atomic E-state index is 12.6. The van der Waals surface area contributed by atoms with Gasteiger partial charge in [0, 0.05) is 31.6 Å². The Hall–Kier alpha value is -3.18. The standard InChI is InChI=1S/C20H20N6O2/c1-24-19(27)17(25-6-8-28-9-7-25)11-18(23-24)26-16-10-15(20(13-21)4-5-20)3-2-14(16)12-22-26/h2-3,10-12H,4-9H2,1H3. The SMILES string of the molecule is Cn1nc(-n2ncc3ccc(C4(C#N)CC4)cc32)cc(N2CCOCC2)c1=O. The molecular formula is C20H20N6O2. The van der Waals surface area contributed by atoms with E-state index in [1.165, 1.54) is 4.68 Å². The second-order valence-electron chi connectivity index (χ2n) is 7.44. The molecule has 0 spiro atoms. The zero-order chi connectivity index (χ0) is 19.3. The monoisotopic (exact) mass is 376 g/mol. The van der Waals surface area contributed by atoms with Crippen LogP contribution < -0.4 is 10.5 Å². The van der Waals surface area contributed by atoms with Crippen molar-refractivity contribution in [2.45, 2.75) is 18.3 Å². The van der Waals surface area contributed by atoms with Gasteiger partial charge >= 0.3 is 0 Å². The molecule has 28 heavy (non-hydrogen) atoms. The Balaban J connectivity index is 1.64. The lowest BCUT2D eigenvalue weighted by molar-refractivity contribution is 0.122.